The van der Waals surface area contributed by atoms with Crippen LogP contribution in [0.25, 0.3) is 10.8 Å². The number of halogens is 3. The van der Waals surface area contributed by atoms with Gasteiger partial charge in [-0.15, -0.1) is 0 Å². The second-order valence-electron chi connectivity index (χ2n) is 5.76. The van der Waals surface area contributed by atoms with Crippen molar-refractivity contribution >= 4 is 28.3 Å². The van der Waals surface area contributed by atoms with Crippen LogP contribution in [0.3, 0.4) is 0 Å². The molecule has 2 amide bonds. The summed E-state index contributed by atoms with van der Waals surface area (Å²) in [6, 6.07) is 15.2. The highest BCUT2D eigenvalue weighted by molar-refractivity contribution is 6.01. The third-order valence-corrected chi connectivity index (χ3v) is 3.85. The fourth-order valence-corrected chi connectivity index (χ4v) is 2.53. The maximum atomic E-state index is 12.5. The summed E-state index contributed by atoms with van der Waals surface area (Å²) in [5, 5.41) is 10.3. The van der Waals surface area contributed by atoms with Crippen LogP contribution in [-0.4, -0.2) is 24.1 Å². The SMILES string of the molecule is O=C(NCCNc1ccc(C(F)(F)F)cn1)Nc1cccc2ccccc12. The number of carbonyl (C=O) groups excluding carboxylic acids is 1. The number of anilines is 2. The Kier molecular flexibility index (Phi) is 5.44. The normalized spacial score (nSPS) is 11.2. The van der Waals surface area contributed by atoms with E-state index in [1.165, 1.54) is 6.07 Å². The van der Waals surface area contributed by atoms with Crippen LogP contribution >= 0.6 is 0 Å². The molecule has 3 aromatic rings. The van der Waals surface area contributed by atoms with Gasteiger partial charge in [0.2, 0.25) is 0 Å². The summed E-state index contributed by atoms with van der Waals surface area (Å²) in [6.07, 6.45) is -3.64. The average molecular weight is 374 g/mol. The Morgan fingerprint density at radius 2 is 1.74 bits per heavy atom. The number of benzene rings is 2. The van der Waals surface area contributed by atoms with E-state index in [-0.39, 0.29) is 12.6 Å². The molecule has 0 saturated carbocycles. The predicted octanol–water partition coefficient (Wildman–Crippen LogP) is 4.49. The minimum Gasteiger partial charge on any atom is -0.368 e. The molecular formula is C19H17F3N4O. The van der Waals surface area contributed by atoms with Crippen LogP contribution in [0, 0.1) is 0 Å². The molecular weight excluding hydrogens is 357 g/mol. The largest absolute Gasteiger partial charge is 0.417 e. The van der Waals surface area contributed by atoms with Crippen molar-refractivity contribution in [1.82, 2.24) is 10.3 Å². The summed E-state index contributed by atoms with van der Waals surface area (Å²) in [5.41, 5.74) is -0.108. The van der Waals surface area contributed by atoms with Gasteiger partial charge in [0.25, 0.3) is 0 Å². The maximum Gasteiger partial charge on any atom is 0.417 e. The highest BCUT2D eigenvalue weighted by Crippen LogP contribution is 2.28. The molecule has 140 valence electrons. The maximum absolute atomic E-state index is 12.5. The van der Waals surface area contributed by atoms with E-state index in [9.17, 15) is 18.0 Å². The summed E-state index contributed by atoms with van der Waals surface area (Å²) >= 11 is 0. The van der Waals surface area contributed by atoms with Gasteiger partial charge in [-0.1, -0.05) is 36.4 Å². The standard InChI is InChI=1S/C19H17F3N4O/c20-19(21,22)14-8-9-17(25-12-14)23-10-11-24-18(27)26-16-7-3-5-13-4-1-2-6-15(13)16/h1-9,12H,10-11H2,(H,23,25)(H2,24,26,27). The molecule has 0 fully saturated rings. The Morgan fingerprint density at radius 3 is 2.48 bits per heavy atom. The Hall–Kier alpha value is -3.29. The number of amides is 2. The Morgan fingerprint density at radius 1 is 0.963 bits per heavy atom. The van der Waals surface area contributed by atoms with Gasteiger partial charge in [-0.2, -0.15) is 13.2 Å². The van der Waals surface area contributed by atoms with Crippen LogP contribution in [0.4, 0.5) is 29.5 Å². The zero-order valence-electron chi connectivity index (χ0n) is 14.2. The number of urea groups is 1. The molecule has 0 radical (unpaired) electrons. The lowest BCUT2D eigenvalue weighted by molar-refractivity contribution is -0.137. The first-order valence-electron chi connectivity index (χ1n) is 8.23. The molecule has 2 aromatic carbocycles. The van der Waals surface area contributed by atoms with E-state index in [0.29, 0.717) is 18.1 Å². The van der Waals surface area contributed by atoms with Crippen LogP contribution in [0.15, 0.2) is 60.8 Å². The van der Waals surface area contributed by atoms with E-state index < -0.39 is 11.7 Å². The van der Waals surface area contributed by atoms with E-state index in [0.717, 1.165) is 23.0 Å². The smallest absolute Gasteiger partial charge is 0.368 e. The van der Waals surface area contributed by atoms with E-state index in [1.807, 2.05) is 42.5 Å². The van der Waals surface area contributed by atoms with Crippen molar-refractivity contribution in [3.8, 4) is 0 Å². The fraction of sp³-hybridized carbons (Fsp3) is 0.158. The summed E-state index contributed by atoms with van der Waals surface area (Å²) in [4.78, 5) is 15.7. The van der Waals surface area contributed by atoms with Crippen molar-refractivity contribution in [2.45, 2.75) is 6.18 Å². The van der Waals surface area contributed by atoms with Crippen LogP contribution in [0.5, 0.6) is 0 Å². The molecule has 1 aromatic heterocycles. The first kappa shape index (κ1) is 18.5. The summed E-state index contributed by atoms with van der Waals surface area (Å²) in [7, 11) is 0. The predicted molar refractivity (Wildman–Crippen MR) is 98.7 cm³/mol. The third-order valence-electron chi connectivity index (χ3n) is 3.85. The van der Waals surface area contributed by atoms with Gasteiger partial charge >= 0.3 is 12.2 Å². The summed E-state index contributed by atoms with van der Waals surface area (Å²) in [6.45, 7) is 0.598. The average Bonchev–Trinajstić information content (AvgIpc) is 2.65. The third kappa shape index (κ3) is 4.87. The fourth-order valence-electron chi connectivity index (χ4n) is 2.53. The first-order chi connectivity index (χ1) is 12.9. The quantitative estimate of drug-likeness (QED) is 0.577. The lowest BCUT2D eigenvalue weighted by Gasteiger charge is -2.11. The molecule has 8 heteroatoms. The van der Waals surface area contributed by atoms with Crippen molar-refractivity contribution in [3.05, 3.63) is 66.4 Å². The number of aromatic nitrogens is 1. The summed E-state index contributed by atoms with van der Waals surface area (Å²) in [5.74, 6) is 0.305. The van der Waals surface area contributed by atoms with Gasteiger partial charge in [0.15, 0.2) is 0 Å². The number of hydrogen-bond acceptors (Lipinski definition) is 3. The van der Waals surface area contributed by atoms with Crippen LogP contribution in [-0.2, 0) is 6.18 Å². The number of alkyl halides is 3. The van der Waals surface area contributed by atoms with E-state index >= 15 is 0 Å². The number of rotatable bonds is 5. The molecule has 0 aliphatic carbocycles. The van der Waals surface area contributed by atoms with Crippen LogP contribution in [0.2, 0.25) is 0 Å². The van der Waals surface area contributed by atoms with Crippen molar-refractivity contribution in [3.63, 3.8) is 0 Å². The molecule has 1 heterocycles. The van der Waals surface area contributed by atoms with E-state index in [1.54, 1.807) is 0 Å². The molecule has 3 N–H and O–H groups in total. The molecule has 0 unspecified atom stereocenters. The van der Waals surface area contributed by atoms with Gasteiger partial charge in [0, 0.05) is 24.7 Å². The van der Waals surface area contributed by atoms with E-state index in [4.69, 9.17) is 0 Å². The molecule has 0 saturated heterocycles. The number of nitrogens with one attached hydrogen (secondary N) is 3. The van der Waals surface area contributed by atoms with Gasteiger partial charge in [0.1, 0.15) is 5.82 Å². The molecule has 5 nitrogen and oxygen atoms in total. The van der Waals surface area contributed by atoms with Crippen LogP contribution in [0.1, 0.15) is 5.56 Å². The number of fused-ring (bicyclic) bond motifs is 1. The van der Waals surface area contributed by atoms with Gasteiger partial charge < -0.3 is 16.0 Å². The van der Waals surface area contributed by atoms with Gasteiger partial charge in [-0.25, -0.2) is 9.78 Å². The van der Waals surface area contributed by atoms with Gasteiger partial charge in [-0.3, -0.25) is 0 Å². The number of carbonyl (C=O) groups is 1. The number of nitrogens with zero attached hydrogens (tertiary/aromatic N) is 1. The summed E-state index contributed by atoms with van der Waals surface area (Å²) < 4.78 is 37.4. The highest BCUT2D eigenvalue weighted by Gasteiger charge is 2.30. The molecule has 27 heavy (non-hydrogen) atoms. The second-order valence-corrected chi connectivity index (χ2v) is 5.76. The van der Waals surface area contributed by atoms with Crippen molar-refractivity contribution in [1.29, 1.82) is 0 Å². The van der Waals surface area contributed by atoms with Crippen molar-refractivity contribution in [2.75, 3.05) is 23.7 Å². The zero-order chi connectivity index (χ0) is 19.3. The minimum atomic E-state index is -4.41. The Bertz CT molecular complexity index is 921. The lowest BCUT2D eigenvalue weighted by atomic mass is 10.1. The second kappa shape index (κ2) is 7.94. The first-order valence-corrected chi connectivity index (χ1v) is 8.23. The molecule has 0 aliphatic heterocycles. The van der Waals surface area contributed by atoms with Crippen molar-refractivity contribution < 1.29 is 18.0 Å². The molecule has 3 rings (SSSR count). The van der Waals surface area contributed by atoms with E-state index in [2.05, 4.69) is 20.9 Å². The number of pyridine rings is 1. The van der Waals surface area contributed by atoms with Gasteiger partial charge in [0.05, 0.1) is 11.3 Å². The Balaban J connectivity index is 1.47. The van der Waals surface area contributed by atoms with Gasteiger partial charge in [-0.05, 0) is 23.6 Å². The van der Waals surface area contributed by atoms with Crippen molar-refractivity contribution in [2.24, 2.45) is 0 Å². The monoisotopic (exact) mass is 374 g/mol. The molecule has 0 bridgehead atoms. The molecule has 0 spiro atoms. The highest BCUT2D eigenvalue weighted by atomic mass is 19.4. The Labute approximate surface area is 153 Å². The molecule has 0 aliphatic rings. The number of hydrogen-bond donors (Lipinski definition) is 3. The zero-order valence-corrected chi connectivity index (χ0v) is 14.2. The topological polar surface area (TPSA) is 66.0 Å². The van der Waals surface area contributed by atoms with Crippen LogP contribution < -0.4 is 16.0 Å². The lowest BCUT2D eigenvalue weighted by Crippen LogP contribution is -2.32. The minimum absolute atomic E-state index is 0.277. The molecule has 0 atom stereocenters.